The van der Waals surface area contributed by atoms with Gasteiger partial charge in [0.15, 0.2) is 0 Å². The van der Waals surface area contributed by atoms with Gasteiger partial charge in [0.25, 0.3) is 0 Å². The Bertz CT molecular complexity index is 636. The second-order valence-electron chi connectivity index (χ2n) is 4.49. The lowest BCUT2D eigenvalue weighted by Gasteiger charge is -2.17. The van der Waals surface area contributed by atoms with Crippen molar-refractivity contribution < 1.29 is 22.0 Å². The minimum atomic E-state index is -4.54. The van der Waals surface area contributed by atoms with E-state index in [1.54, 1.807) is 0 Å². The molecule has 0 N–H and O–H groups in total. The average Bonchev–Trinajstić information content (AvgIpc) is 2.41. The highest BCUT2D eigenvalue weighted by atomic mass is 35.5. The fourth-order valence-corrected chi connectivity index (χ4v) is 2.38. The largest absolute Gasteiger partial charge is 0.416 e. The highest BCUT2D eigenvalue weighted by Gasteiger charge is 2.34. The Morgan fingerprint density at radius 1 is 1.00 bits per heavy atom. The summed E-state index contributed by atoms with van der Waals surface area (Å²) in [5.41, 5.74) is -0.920. The van der Waals surface area contributed by atoms with Crippen LogP contribution in [-0.4, -0.2) is 0 Å². The Hall–Kier alpha value is -1.62. The fourth-order valence-electron chi connectivity index (χ4n) is 2.02. The lowest BCUT2D eigenvalue weighted by Crippen LogP contribution is -2.11. The molecule has 2 aromatic rings. The quantitative estimate of drug-likeness (QED) is 0.517. The summed E-state index contributed by atoms with van der Waals surface area (Å²) in [4.78, 5) is 0. The predicted molar refractivity (Wildman–Crippen MR) is 70.1 cm³/mol. The van der Waals surface area contributed by atoms with Gasteiger partial charge in [0.1, 0.15) is 11.6 Å². The molecule has 0 spiro atoms. The highest BCUT2D eigenvalue weighted by molar-refractivity contribution is 6.21. The molecule has 6 heteroatoms. The minimum Gasteiger partial charge on any atom is -0.207 e. The maximum Gasteiger partial charge on any atom is 0.416 e. The van der Waals surface area contributed by atoms with E-state index in [4.69, 9.17) is 11.6 Å². The van der Waals surface area contributed by atoms with Crippen molar-refractivity contribution in [1.29, 1.82) is 0 Å². The first kappa shape index (κ1) is 15.8. The third-order valence-corrected chi connectivity index (χ3v) is 3.41. The maximum atomic E-state index is 13.5. The predicted octanol–water partition coefficient (Wildman–Crippen LogP) is 5.51. The lowest BCUT2D eigenvalue weighted by molar-refractivity contribution is -0.138. The van der Waals surface area contributed by atoms with E-state index >= 15 is 0 Å². The molecular formula is C15H10ClF5. The van der Waals surface area contributed by atoms with Gasteiger partial charge in [-0.1, -0.05) is 24.3 Å². The summed E-state index contributed by atoms with van der Waals surface area (Å²) in [5, 5.41) is -1.07. The zero-order valence-electron chi connectivity index (χ0n) is 10.6. The van der Waals surface area contributed by atoms with E-state index in [0.717, 1.165) is 12.1 Å². The van der Waals surface area contributed by atoms with Crippen LogP contribution in [0.2, 0.25) is 0 Å². The molecule has 1 atom stereocenters. The van der Waals surface area contributed by atoms with Crippen LogP contribution in [0.1, 0.15) is 22.1 Å². The molecule has 0 saturated heterocycles. The Balaban J connectivity index is 2.31. The molecule has 0 nitrogen and oxygen atoms in total. The summed E-state index contributed by atoms with van der Waals surface area (Å²) in [6.45, 7) is 0. The molecule has 0 radical (unpaired) electrons. The Kier molecular flexibility index (Phi) is 4.52. The number of halogens is 6. The molecule has 0 bridgehead atoms. The third-order valence-electron chi connectivity index (χ3n) is 3.02. The van der Waals surface area contributed by atoms with Crippen LogP contribution in [0, 0.1) is 11.6 Å². The maximum absolute atomic E-state index is 13.5. The van der Waals surface area contributed by atoms with E-state index in [9.17, 15) is 22.0 Å². The molecule has 0 aliphatic heterocycles. The molecule has 21 heavy (non-hydrogen) atoms. The van der Waals surface area contributed by atoms with E-state index in [2.05, 4.69) is 0 Å². The van der Waals surface area contributed by atoms with Crippen LogP contribution < -0.4 is 0 Å². The molecule has 0 amide bonds. The number of hydrogen-bond donors (Lipinski definition) is 0. The van der Waals surface area contributed by atoms with Crippen LogP contribution >= 0.6 is 11.6 Å². The molecule has 0 saturated carbocycles. The van der Waals surface area contributed by atoms with Crippen LogP contribution in [0.15, 0.2) is 42.5 Å². The first-order valence-corrected chi connectivity index (χ1v) is 6.47. The first-order chi connectivity index (χ1) is 9.79. The van der Waals surface area contributed by atoms with Gasteiger partial charge in [-0.25, -0.2) is 8.78 Å². The zero-order valence-corrected chi connectivity index (χ0v) is 11.3. The summed E-state index contributed by atoms with van der Waals surface area (Å²) < 4.78 is 65.0. The van der Waals surface area contributed by atoms with Crippen molar-refractivity contribution in [2.45, 2.75) is 18.0 Å². The van der Waals surface area contributed by atoms with E-state index in [1.807, 2.05) is 0 Å². The molecule has 0 aromatic heterocycles. The topological polar surface area (TPSA) is 0 Å². The SMILES string of the molecule is Fc1ccc(CC(Cl)c2ccccc2C(F)(F)F)c(F)c1. The second-order valence-corrected chi connectivity index (χ2v) is 5.02. The molecule has 2 rings (SSSR count). The van der Waals surface area contributed by atoms with Crippen molar-refractivity contribution in [3.63, 3.8) is 0 Å². The van der Waals surface area contributed by atoms with Gasteiger partial charge in [-0.2, -0.15) is 13.2 Å². The van der Waals surface area contributed by atoms with E-state index in [1.165, 1.54) is 24.3 Å². The van der Waals surface area contributed by atoms with Gasteiger partial charge in [-0.15, -0.1) is 11.6 Å². The van der Waals surface area contributed by atoms with Crippen LogP contribution in [0.25, 0.3) is 0 Å². The summed E-state index contributed by atoms with van der Waals surface area (Å²) in [6.07, 6.45) is -4.70. The van der Waals surface area contributed by atoms with Crippen molar-refractivity contribution in [2.75, 3.05) is 0 Å². The fraction of sp³-hybridized carbons (Fsp3) is 0.200. The number of rotatable bonds is 3. The zero-order chi connectivity index (χ0) is 15.6. The van der Waals surface area contributed by atoms with Crippen LogP contribution in [0.5, 0.6) is 0 Å². The van der Waals surface area contributed by atoms with Crippen molar-refractivity contribution in [2.24, 2.45) is 0 Å². The average molecular weight is 321 g/mol. The highest BCUT2D eigenvalue weighted by Crippen LogP contribution is 2.37. The molecular weight excluding hydrogens is 311 g/mol. The normalized spacial score (nSPS) is 13.2. The van der Waals surface area contributed by atoms with Gasteiger partial charge in [0, 0.05) is 6.07 Å². The first-order valence-electron chi connectivity index (χ1n) is 6.03. The van der Waals surface area contributed by atoms with Gasteiger partial charge in [-0.05, 0) is 29.7 Å². The van der Waals surface area contributed by atoms with Gasteiger partial charge >= 0.3 is 6.18 Å². The van der Waals surface area contributed by atoms with Crippen molar-refractivity contribution in [1.82, 2.24) is 0 Å². The molecule has 2 aromatic carbocycles. The Morgan fingerprint density at radius 3 is 2.29 bits per heavy atom. The molecule has 112 valence electrons. The summed E-state index contributed by atoms with van der Waals surface area (Å²) in [7, 11) is 0. The van der Waals surface area contributed by atoms with Crippen molar-refractivity contribution >= 4 is 11.6 Å². The van der Waals surface area contributed by atoms with Crippen molar-refractivity contribution in [3.05, 3.63) is 70.8 Å². The van der Waals surface area contributed by atoms with E-state index in [-0.39, 0.29) is 17.5 Å². The number of benzene rings is 2. The molecule has 0 aliphatic rings. The molecule has 0 fully saturated rings. The summed E-state index contributed by atoms with van der Waals surface area (Å²) in [5.74, 6) is -1.58. The van der Waals surface area contributed by atoms with E-state index < -0.39 is 28.8 Å². The standard InChI is InChI=1S/C15H10ClF5/c16-13(7-9-5-6-10(17)8-14(9)18)11-3-1-2-4-12(11)15(19,20)21/h1-6,8,13H,7H2. The summed E-state index contributed by atoms with van der Waals surface area (Å²) >= 11 is 6.00. The van der Waals surface area contributed by atoms with Gasteiger partial charge in [0.2, 0.25) is 0 Å². The minimum absolute atomic E-state index is 0.0633. The third kappa shape index (κ3) is 3.73. The molecule has 0 heterocycles. The van der Waals surface area contributed by atoms with Gasteiger partial charge in [0.05, 0.1) is 10.9 Å². The monoisotopic (exact) mass is 320 g/mol. The Morgan fingerprint density at radius 2 is 1.67 bits per heavy atom. The van der Waals surface area contributed by atoms with Crippen LogP contribution in [0.4, 0.5) is 22.0 Å². The van der Waals surface area contributed by atoms with Crippen LogP contribution in [0.3, 0.4) is 0 Å². The van der Waals surface area contributed by atoms with Gasteiger partial charge < -0.3 is 0 Å². The molecule has 1 unspecified atom stereocenters. The second kappa shape index (κ2) is 6.02. The summed E-state index contributed by atoms with van der Waals surface area (Å²) in [6, 6.07) is 7.76. The smallest absolute Gasteiger partial charge is 0.207 e. The number of alkyl halides is 4. The molecule has 0 aliphatic carbocycles. The number of hydrogen-bond acceptors (Lipinski definition) is 0. The Labute approximate surface area is 123 Å². The van der Waals surface area contributed by atoms with E-state index in [0.29, 0.717) is 6.07 Å². The lowest BCUT2D eigenvalue weighted by atomic mass is 9.98. The van der Waals surface area contributed by atoms with Crippen LogP contribution in [-0.2, 0) is 12.6 Å². The van der Waals surface area contributed by atoms with Crippen molar-refractivity contribution in [3.8, 4) is 0 Å². The van der Waals surface area contributed by atoms with Gasteiger partial charge in [-0.3, -0.25) is 0 Å².